The first kappa shape index (κ1) is 14.0. The van der Waals surface area contributed by atoms with Gasteiger partial charge in [-0.3, -0.25) is 9.78 Å². The molecule has 4 nitrogen and oxygen atoms in total. The number of rotatable bonds is 4. The largest absolute Gasteiger partial charge is 0.352 e. The Labute approximate surface area is 124 Å². The number of fused-ring (bicyclic) bond motifs is 1. The second kappa shape index (κ2) is 6.22. The number of hydrogen-bond donors (Lipinski definition) is 2. The van der Waals surface area contributed by atoms with E-state index < -0.39 is 0 Å². The van der Waals surface area contributed by atoms with Crippen LogP contribution in [0, 0.1) is 11.8 Å². The standard InChI is InChI=1S/C17H21N3O/c18-10-14-3-1-4-15(14)11-20-17(21)13-6-7-16-12(9-13)5-2-8-19-16/h2,5-9,14-15H,1,3-4,10-11,18H2,(H,20,21). The van der Waals surface area contributed by atoms with E-state index in [0.717, 1.165) is 24.0 Å². The van der Waals surface area contributed by atoms with Gasteiger partial charge in [-0.25, -0.2) is 0 Å². The Morgan fingerprint density at radius 3 is 3.00 bits per heavy atom. The van der Waals surface area contributed by atoms with Gasteiger partial charge in [0.2, 0.25) is 0 Å². The molecule has 0 bridgehead atoms. The molecule has 21 heavy (non-hydrogen) atoms. The minimum absolute atomic E-state index is 0.0107. The maximum absolute atomic E-state index is 12.3. The highest BCUT2D eigenvalue weighted by molar-refractivity contribution is 5.97. The van der Waals surface area contributed by atoms with Gasteiger partial charge in [-0.15, -0.1) is 0 Å². The number of benzene rings is 1. The molecule has 1 amide bonds. The van der Waals surface area contributed by atoms with Gasteiger partial charge in [0.25, 0.3) is 5.91 Å². The molecule has 1 aromatic carbocycles. The molecule has 2 aromatic rings. The third kappa shape index (κ3) is 3.05. The van der Waals surface area contributed by atoms with E-state index in [4.69, 9.17) is 5.73 Å². The van der Waals surface area contributed by atoms with Crippen LogP contribution in [0.3, 0.4) is 0 Å². The molecule has 0 spiro atoms. The van der Waals surface area contributed by atoms with Crippen LogP contribution < -0.4 is 11.1 Å². The molecule has 0 saturated heterocycles. The third-order valence-electron chi connectivity index (χ3n) is 4.51. The minimum Gasteiger partial charge on any atom is -0.352 e. The monoisotopic (exact) mass is 283 g/mol. The number of nitrogens with zero attached hydrogens (tertiary/aromatic N) is 1. The first-order valence-corrected chi connectivity index (χ1v) is 7.61. The second-order valence-corrected chi connectivity index (χ2v) is 5.81. The third-order valence-corrected chi connectivity index (χ3v) is 4.51. The van der Waals surface area contributed by atoms with Gasteiger partial charge in [0, 0.05) is 23.7 Å². The molecule has 0 radical (unpaired) electrons. The lowest BCUT2D eigenvalue weighted by molar-refractivity contribution is 0.0944. The van der Waals surface area contributed by atoms with Gasteiger partial charge in [0.1, 0.15) is 0 Å². The summed E-state index contributed by atoms with van der Waals surface area (Å²) in [5.74, 6) is 1.08. The van der Waals surface area contributed by atoms with E-state index in [0.29, 0.717) is 17.4 Å². The fourth-order valence-corrected chi connectivity index (χ4v) is 3.24. The Morgan fingerprint density at radius 1 is 1.29 bits per heavy atom. The van der Waals surface area contributed by atoms with Crippen molar-refractivity contribution in [2.45, 2.75) is 19.3 Å². The van der Waals surface area contributed by atoms with Crippen LogP contribution in [0.15, 0.2) is 36.5 Å². The fourth-order valence-electron chi connectivity index (χ4n) is 3.24. The van der Waals surface area contributed by atoms with Crippen molar-refractivity contribution in [3.05, 3.63) is 42.1 Å². The second-order valence-electron chi connectivity index (χ2n) is 5.81. The predicted octanol–water partition coefficient (Wildman–Crippen LogP) is 2.34. The molecular formula is C17H21N3O. The lowest BCUT2D eigenvalue weighted by atomic mass is 9.96. The van der Waals surface area contributed by atoms with Gasteiger partial charge in [-0.2, -0.15) is 0 Å². The van der Waals surface area contributed by atoms with E-state index in [1.54, 1.807) is 6.20 Å². The number of carbonyl (C=O) groups is 1. The Kier molecular flexibility index (Phi) is 4.15. The van der Waals surface area contributed by atoms with Gasteiger partial charge in [0.15, 0.2) is 0 Å². The molecule has 0 aliphatic heterocycles. The van der Waals surface area contributed by atoms with Gasteiger partial charge in [0.05, 0.1) is 5.52 Å². The van der Waals surface area contributed by atoms with Crippen molar-refractivity contribution in [3.63, 3.8) is 0 Å². The Balaban J connectivity index is 1.66. The molecule has 2 unspecified atom stereocenters. The van der Waals surface area contributed by atoms with E-state index in [1.165, 1.54) is 19.3 Å². The maximum atomic E-state index is 12.3. The number of carbonyl (C=O) groups excluding carboxylic acids is 1. The van der Waals surface area contributed by atoms with Gasteiger partial charge in [-0.05, 0) is 55.5 Å². The van der Waals surface area contributed by atoms with Crippen molar-refractivity contribution < 1.29 is 4.79 Å². The molecule has 1 aliphatic carbocycles. The highest BCUT2D eigenvalue weighted by Gasteiger charge is 2.26. The van der Waals surface area contributed by atoms with Crippen LogP contribution in [-0.4, -0.2) is 24.0 Å². The average Bonchev–Trinajstić information content (AvgIpc) is 2.99. The summed E-state index contributed by atoms with van der Waals surface area (Å²) in [6.45, 7) is 1.45. The smallest absolute Gasteiger partial charge is 0.251 e. The molecule has 1 aliphatic rings. The van der Waals surface area contributed by atoms with E-state index in [1.807, 2.05) is 30.3 Å². The highest BCUT2D eigenvalue weighted by Crippen LogP contribution is 2.30. The molecule has 3 rings (SSSR count). The number of aromatic nitrogens is 1. The molecule has 4 heteroatoms. The Morgan fingerprint density at radius 2 is 2.14 bits per heavy atom. The molecule has 1 heterocycles. The fraction of sp³-hybridized carbons (Fsp3) is 0.412. The number of amides is 1. The summed E-state index contributed by atoms with van der Waals surface area (Å²) in [5, 5.41) is 4.05. The summed E-state index contributed by atoms with van der Waals surface area (Å²) >= 11 is 0. The van der Waals surface area contributed by atoms with E-state index >= 15 is 0 Å². The Hall–Kier alpha value is -1.94. The lowest BCUT2D eigenvalue weighted by Gasteiger charge is -2.18. The zero-order chi connectivity index (χ0) is 14.7. The van der Waals surface area contributed by atoms with E-state index in [-0.39, 0.29) is 5.91 Å². The van der Waals surface area contributed by atoms with Crippen LogP contribution in [0.2, 0.25) is 0 Å². The van der Waals surface area contributed by atoms with Crippen molar-refractivity contribution in [1.29, 1.82) is 0 Å². The maximum Gasteiger partial charge on any atom is 0.251 e. The number of pyridine rings is 1. The van der Waals surface area contributed by atoms with Gasteiger partial charge >= 0.3 is 0 Å². The summed E-state index contributed by atoms with van der Waals surface area (Å²) in [6.07, 6.45) is 5.35. The molecule has 2 atom stereocenters. The molecular weight excluding hydrogens is 262 g/mol. The molecule has 1 fully saturated rings. The molecule has 1 aromatic heterocycles. The summed E-state index contributed by atoms with van der Waals surface area (Å²) in [6, 6.07) is 9.48. The van der Waals surface area contributed by atoms with Gasteiger partial charge in [-0.1, -0.05) is 12.5 Å². The van der Waals surface area contributed by atoms with Crippen LogP contribution in [0.1, 0.15) is 29.6 Å². The van der Waals surface area contributed by atoms with Crippen LogP contribution in [0.25, 0.3) is 10.9 Å². The molecule has 110 valence electrons. The zero-order valence-corrected chi connectivity index (χ0v) is 12.1. The molecule has 3 N–H and O–H groups in total. The topological polar surface area (TPSA) is 68.0 Å². The SMILES string of the molecule is NCC1CCCC1CNC(=O)c1ccc2ncccc2c1. The number of nitrogens with two attached hydrogens (primary N) is 1. The summed E-state index contributed by atoms with van der Waals surface area (Å²) in [5.41, 5.74) is 7.39. The number of nitrogens with one attached hydrogen (secondary N) is 1. The lowest BCUT2D eigenvalue weighted by Crippen LogP contribution is -2.32. The minimum atomic E-state index is -0.0107. The van der Waals surface area contributed by atoms with Crippen LogP contribution in [0.5, 0.6) is 0 Å². The van der Waals surface area contributed by atoms with Crippen LogP contribution >= 0.6 is 0 Å². The first-order valence-electron chi connectivity index (χ1n) is 7.61. The highest BCUT2D eigenvalue weighted by atomic mass is 16.1. The van der Waals surface area contributed by atoms with Crippen LogP contribution in [0.4, 0.5) is 0 Å². The van der Waals surface area contributed by atoms with Crippen molar-refractivity contribution in [2.75, 3.05) is 13.1 Å². The molecule has 1 saturated carbocycles. The van der Waals surface area contributed by atoms with E-state index in [2.05, 4.69) is 10.3 Å². The van der Waals surface area contributed by atoms with Gasteiger partial charge < -0.3 is 11.1 Å². The summed E-state index contributed by atoms with van der Waals surface area (Å²) in [4.78, 5) is 16.5. The van der Waals surface area contributed by atoms with Crippen LogP contribution in [-0.2, 0) is 0 Å². The normalized spacial score (nSPS) is 21.6. The van der Waals surface area contributed by atoms with E-state index in [9.17, 15) is 4.79 Å². The number of hydrogen-bond acceptors (Lipinski definition) is 3. The first-order chi connectivity index (χ1) is 10.3. The quantitative estimate of drug-likeness (QED) is 0.905. The van der Waals surface area contributed by atoms with Crippen molar-refractivity contribution in [3.8, 4) is 0 Å². The van der Waals surface area contributed by atoms with Crippen molar-refractivity contribution in [2.24, 2.45) is 17.6 Å². The average molecular weight is 283 g/mol. The van der Waals surface area contributed by atoms with Crippen molar-refractivity contribution in [1.82, 2.24) is 10.3 Å². The summed E-state index contributed by atoms with van der Waals surface area (Å²) < 4.78 is 0. The summed E-state index contributed by atoms with van der Waals surface area (Å²) in [7, 11) is 0. The Bertz CT molecular complexity index is 641. The van der Waals surface area contributed by atoms with Crippen molar-refractivity contribution >= 4 is 16.8 Å². The predicted molar refractivity (Wildman–Crippen MR) is 84.0 cm³/mol. The zero-order valence-electron chi connectivity index (χ0n) is 12.1.